The molecule has 0 aliphatic heterocycles. The van der Waals surface area contributed by atoms with Gasteiger partial charge in [-0.15, -0.1) is 11.3 Å². The molecule has 2 N–H and O–H groups in total. The van der Waals surface area contributed by atoms with Crippen LogP contribution in [0.3, 0.4) is 0 Å². The highest BCUT2D eigenvalue weighted by Gasteiger charge is 2.17. The number of nitrogens with zero attached hydrogens (tertiary/aromatic N) is 1. The minimum atomic E-state index is -0.364. The smallest absolute Gasteiger partial charge is 0.268 e. The van der Waals surface area contributed by atoms with E-state index in [4.69, 9.17) is 23.2 Å². The summed E-state index contributed by atoms with van der Waals surface area (Å²) in [4.78, 5) is 28.9. The molecule has 0 fully saturated rings. The second-order valence-electron chi connectivity index (χ2n) is 5.53. The Morgan fingerprint density at radius 2 is 1.96 bits per heavy atom. The van der Waals surface area contributed by atoms with E-state index in [0.717, 1.165) is 10.3 Å². The quantitative estimate of drug-likeness (QED) is 0.687. The summed E-state index contributed by atoms with van der Waals surface area (Å²) in [7, 11) is 1.70. The van der Waals surface area contributed by atoms with Crippen LogP contribution < -0.4 is 5.32 Å². The second kappa shape index (κ2) is 7.47. The van der Waals surface area contributed by atoms with Crippen molar-refractivity contribution in [2.24, 2.45) is 0 Å². The predicted molar refractivity (Wildman–Crippen MR) is 101 cm³/mol. The Labute approximate surface area is 158 Å². The van der Waals surface area contributed by atoms with Gasteiger partial charge in [0.05, 0.1) is 21.8 Å². The number of halogens is 2. The van der Waals surface area contributed by atoms with E-state index in [9.17, 15) is 9.59 Å². The molecular formula is C17H15Cl2N3O2S. The summed E-state index contributed by atoms with van der Waals surface area (Å²) < 4.78 is 1.28. The molecule has 0 aliphatic carbocycles. The summed E-state index contributed by atoms with van der Waals surface area (Å²) in [6.07, 6.45) is 0. The van der Waals surface area contributed by atoms with Crippen LogP contribution in [0.1, 0.15) is 16.1 Å². The van der Waals surface area contributed by atoms with E-state index in [1.807, 2.05) is 30.3 Å². The Bertz CT molecular complexity index is 921. The first-order chi connectivity index (χ1) is 12.0. The van der Waals surface area contributed by atoms with E-state index in [0.29, 0.717) is 27.1 Å². The number of fused-ring (bicyclic) bond motifs is 1. The number of aromatic amines is 1. The minimum Gasteiger partial charge on any atom is -0.349 e. The zero-order valence-corrected chi connectivity index (χ0v) is 15.6. The first-order valence-electron chi connectivity index (χ1n) is 7.48. The number of nitrogens with one attached hydrogen (secondary N) is 2. The highest BCUT2D eigenvalue weighted by atomic mass is 35.5. The minimum absolute atomic E-state index is 0.0800. The summed E-state index contributed by atoms with van der Waals surface area (Å²) in [6.45, 7) is 0.408. The average molecular weight is 396 g/mol. The predicted octanol–water partition coefficient (Wildman–Crippen LogP) is 3.92. The van der Waals surface area contributed by atoms with Crippen molar-refractivity contribution in [1.82, 2.24) is 15.2 Å². The molecule has 0 radical (unpaired) electrons. The van der Waals surface area contributed by atoms with Gasteiger partial charge in [-0.2, -0.15) is 0 Å². The van der Waals surface area contributed by atoms with Crippen molar-refractivity contribution in [1.29, 1.82) is 0 Å². The number of aromatic nitrogens is 1. The van der Waals surface area contributed by atoms with E-state index in [-0.39, 0.29) is 18.4 Å². The standard InChI is InChI=1S/C17H15Cl2N3O2S/c1-22(9-10-5-3-2-4-6-10)13(23)8-20-17(24)11-7-12-15(21-11)14(18)16(19)25-12/h2-7,21H,8-9H2,1H3,(H,20,24). The summed E-state index contributed by atoms with van der Waals surface area (Å²) in [5, 5.41) is 3.02. The van der Waals surface area contributed by atoms with Crippen LogP contribution in [0.4, 0.5) is 0 Å². The highest BCUT2D eigenvalue weighted by molar-refractivity contribution is 7.23. The van der Waals surface area contributed by atoms with Crippen LogP contribution in [0, 0.1) is 0 Å². The maximum Gasteiger partial charge on any atom is 0.268 e. The number of carbonyl (C=O) groups excluding carboxylic acids is 2. The van der Waals surface area contributed by atoms with E-state index in [1.54, 1.807) is 18.0 Å². The van der Waals surface area contributed by atoms with Gasteiger partial charge < -0.3 is 15.2 Å². The first-order valence-corrected chi connectivity index (χ1v) is 9.05. The van der Waals surface area contributed by atoms with E-state index >= 15 is 0 Å². The van der Waals surface area contributed by atoms with Crippen molar-refractivity contribution in [2.75, 3.05) is 13.6 Å². The number of H-pyrrole nitrogens is 1. The van der Waals surface area contributed by atoms with Crippen molar-refractivity contribution in [3.8, 4) is 0 Å². The number of hydrogen-bond acceptors (Lipinski definition) is 3. The number of rotatable bonds is 5. The maximum atomic E-state index is 12.2. The van der Waals surface area contributed by atoms with Gasteiger partial charge in [0, 0.05) is 13.6 Å². The molecule has 0 spiro atoms. The Morgan fingerprint density at radius 3 is 2.64 bits per heavy atom. The lowest BCUT2D eigenvalue weighted by atomic mass is 10.2. The van der Waals surface area contributed by atoms with Gasteiger partial charge in [-0.25, -0.2) is 0 Å². The highest BCUT2D eigenvalue weighted by Crippen LogP contribution is 2.38. The molecule has 2 heterocycles. The molecule has 1 aromatic carbocycles. The van der Waals surface area contributed by atoms with Crippen LogP contribution in [0.25, 0.3) is 10.2 Å². The fraction of sp³-hybridized carbons (Fsp3) is 0.176. The second-order valence-corrected chi connectivity index (χ2v) is 7.56. The lowest BCUT2D eigenvalue weighted by Crippen LogP contribution is -2.37. The normalized spacial score (nSPS) is 10.8. The first kappa shape index (κ1) is 17.8. The molecule has 0 saturated carbocycles. The molecule has 0 unspecified atom stereocenters. The van der Waals surface area contributed by atoms with E-state index < -0.39 is 0 Å². The fourth-order valence-electron chi connectivity index (χ4n) is 2.37. The number of amides is 2. The molecule has 0 bridgehead atoms. The van der Waals surface area contributed by atoms with Crippen molar-refractivity contribution in [3.05, 3.63) is 57.0 Å². The maximum absolute atomic E-state index is 12.2. The van der Waals surface area contributed by atoms with Gasteiger partial charge in [0.25, 0.3) is 5.91 Å². The number of likely N-dealkylation sites (N-methyl/N-ethyl adjacent to an activating group) is 1. The van der Waals surface area contributed by atoms with Gasteiger partial charge in [0.1, 0.15) is 10.0 Å². The van der Waals surface area contributed by atoms with Crippen LogP contribution in [0.15, 0.2) is 36.4 Å². The molecule has 8 heteroatoms. The average Bonchev–Trinajstić information content (AvgIpc) is 3.13. The molecule has 5 nitrogen and oxygen atoms in total. The molecule has 2 aromatic heterocycles. The Hall–Kier alpha value is -2.02. The van der Waals surface area contributed by atoms with Gasteiger partial charge in [0.15, 0.2) is 0 Å². The number of thiophene rings is 1. The van der Waals surface area contributed by atoms with Gasteiger partial charge in [-0.05, 0) is 11.6 Å². The van der Waals surface area contributed by atoms with Gasteiger partial charge in [0.2, 0.25) is 5.91 Å². The number of benzene rings is 1. The van der Waals surface area contributed by atoms with Crippen molar-refractivity contribution < 1.29 is 9.59 Å². The molecule has 0 aliphatic rings. The lowest BCUT2D eigenvalue weighted by Gasteiger charge is -2.17. The number of carbonyl (C=O) groups is 2. The van der Waals surface area contributed by atoms with Crippen molar-refractivity contribution in [3.63, 3.8) is 0 Å². The summed E-state index contributed by atoms with van der Waals surface area (Å²) >= 11 is 13.3. The molecule has 3 rings (SSSR count). The van der Waals surface area contributed by atoms with Crippen LogP contribution in [0.5, 0.6) is 0 Å². The molecule has 25 heavy (non-hydrogen) atoms. The molecular weight excluding hydrogens is 381 g/mol. The van der Waals surface area contributed by atoms with Crippen molar-refractivity contribution in [2.45, 2.75) is 6.54 Å². The van der Waals surface area contributed by atoms with Gasteiger partial charge >= 0.3 is 0 Å². The third-order valence-corrected chi connectivity index (χ3v) is 5.64. The Balaban J connectivity index is 1.58. The SMILES string of the molecule is CN(Cc1ccccc1)C(=O)CNC(=O)c1cc2sc(Cl)c(Cl)c2[nH]1. The zero-order valence-electron chi connectivity index (χ0n) is 13.3. The summed E-state index contributed by atoms with van der Waals surface area (Å²) in [6, 6.07) is 11.3. The van der Waals surface area contributed by atoms with Crippen LogP contribution >= 0.6 is 34.5 Å². The Kier molecular flexibility index (Phi) is 5.32. The summed E-state index contributed by atoms with van der Waals surface area (Å²) in [5.74, 6) is -0.538. The number of hydrogen-bond donors (Lipinski definition) is 2. The summed E-state index contributed by atoms with van der Waals surface area (Å²) in [5.41, 5.74) is 2.01. The third-order valence-electron chi connectivity index (χ3n) is 3.71. The van der Waals surface area contributed by atoms with Crippen LogP contribution in [-0.4, -0.2) is 35.3 Å². The van der Waals surface area contributed by atoms with E-state index in [1.165, 1.54) is 11.3 Å². The monoisotopic (exact) mass is 395 g/mol. The molecule has 0 saturated heterocycles. The van der Waals surface area contributed by atoms with Gasteiger partial charge in [-0.1, -0.05) is 53.5 Å². The Morgan fingerprint density at radius 1 is 1.24 bits per heavy atom. The molecule has 0 atom stereocenters. The largest absolute Gasteiger partial charge is 0.349 e. The van der Waals surface area contributed by atoms with Crippen LogP contribution in [-0.2, 0) is 11.3 Å². The molecule has 130 valence electrons. The van der Waals surface area contributed by atoms with Gasteiger partial charge in [-0.3, -0.25) is 9.59 Å². The van der Waals surface area contributed by atoms with E-state index in [2.05, 4.69) is 10.3 Å². The zero-order chi connectivity index (χ0) is 18.0. The fourth-order valence-corrected chi connectivity index (χ4v) is 3.85. The third kappa shape index (κ3) is 3.98. The molecule has 3 aromatic rings. The van der Waals surface area contributed by atoms with Crippen LogP contribution in [0.2, 0.25) is 9.36 Å². The van der Waals surface area contributed by atoms with Crippen molar-refractivity contribution >= 4 is 56.6 Å². The topological polar surface area (TPSA) is 65.2 Å². The lowest BCUT2D eigenvalue weighted by molar-refractivity contribution is -0.129. The molecule has 2 amide bonds.